The molecule has 0 saturated heterocycles. The van der Waals surface area contributed by atoms with Crippen LogP contribution in [-0.4, -0.2) is 23.0 Å². The third-order valence-electron chi connectivity index (χ3n) is 2.49. The Bertz CT molecular complexity index is 496. The molecule has 0 bridgehead atoms. The average molecular weight is 245 g/mol. The van der Waals surface area contributed by atoms with E-state index in [0.717, 1.165) is 22.8 Å². The molecule has 0 saturated carbocycles. The molecule has 0 atom stereocenters. The van der Waals surface area contributed by atoms with Crippen molar-refractivity contribution in [1.82, 2.24) is 9.78 Å². The highest BCUT2D eigenvalue weighted by atomic mass is 16.5. The molecular weight excluding hydrogens is 228 g/mol. The predicted octanol–water partition coefficient (Wildman–Crippen LogP) is 2.68. The van der Waals surface area contributed by atoms with Crippen molar-refractivity contribution in [3.8, 4) is 22.8 Å². The van der Waals surface area contributed by atoms with Gasteiger partial charge in [0.15, 0.2) is 0 Å². The SMILES string of the molecule is CCOc1c[c]cc(OCC)c1-c1ccn(C)n1. The second-order valence-corrected chi connectivity index (χ2v) is 3.80. The molecule has 0 spiro atoms. The lowest BCUT2D eigenvalue weighted by Gasteiger charge is -2.13. The summed E-state index contributed by atoms with van der Waals surface area (Å²) in [5.74, 6) is 1.50. The zero-order valence-electron chi connectivity index (χ0n) is 10.9. The summed E-state index contributed by atoms with van der Waals surface area (Å²) in [6.07, 6.45) is 1.90. The van der Waals surface area contributed by atoms with E-state index in [1.54, 1.807) is 4.68 Å². The van der Waals surface area contributed by atoms with Crippen LogP contribution in [0.5, 0.6) is 11.5 Å². The molecule has 0 aliphatic heterocycles. The van der Waals surface area contributed by atoms with E-state index in [-0.39, 0.29) is 0 Å². The molecule has 4 nitrogen and oxygen atoms in total. The van der Waals surface area contributed by atoms with Gasteiger partial charge in [0.2, 0.25) is 0 Å². The first kappa shape index (κ1) is 12.5. The molecule has 1 aromatic heterocycles. The van der Waals surface area contributed by atoms with Gasteiger partial charge in [0.1, 0.15) is 11.5 Å². The molecule has 0 unspecified atom stereocenters. The first-order valence-electron chi connectivity index (χ1n) is 6.06. The van der Waals surface area contributed by atoms with Gasteiger partial charge >= 0.3 is 0 Å². The third-order valence-corrected chi connectivity index (χ3v) is 2.49. The van der Waals surface area contributed by atoms with E-state index in [0.29, 0.717) is 13.2 Å². The van der Waals surface area contributed by atoms with E-state index in [2.05, 4.69) is 11.2 Å². The van der Waals surface area contributed by atoms with E-state index < -0.39 is 0 Å². The van der Waals surface area contributed by atoms with E-state index in [4.69, 9.17) is 9.47 Å². The second kappa shape index (κ2) is 5.58. The van der Waals surface area contributed by atoms with Gasteiger partial charge in [-0.1, -0.05) is 0 Å². The number of hydrogen-bond acceptors (Lipinski definition) is 3. The smallest absolute Gasteiger partial charge is 0.133 e. The van der Waals surface area contributed by atoms with Crippen LogP contribution in [0.4, 0.5) is 0 Å². The van der Waals surface area contributed by atoms with E-state index in [1.165, 1.54) is 0 Å². The number of aromatic nitrogens is 2. The van der Waals surface area contributed by atoms with E-state index in [9.17, 15) is 0 Å². The number of rotatable bonds is 5. The number of benzene rings is 1. The highest BCUT2D eigenvalue weighted by Crippen LogP contribution is 2.37. The van der Waals surface area contributed by atoms with Crippen molar-refractivity contribution in [2.75, 3.05) is 13.2 Å². The van der Waals surface area contributed by atoms with Crippen LogP contribution in [-0.2, 0) is 7.05 Å². The summed E-state index contributed by atoms with van der Waals surface area (Å²) in [5, 5.41) is 4.41. The van der Waals surface area contributed by atoms with Crippen LogP contribution in [0.1, 0.15) is 13.8 Å². The number of nitrogens with zero attached hydrogens (tertiary/aromatic N) is 2. The minimum Gasteiger partial charge on any atom is -0.493 e. The maximum Gasteiger partial charge on any atom is 0.133 e. The fourth-order valence-corrected chi connectivity index (χ4v) is 1.80. The van der Waals surface area contributed by atoms with Crippen LogP contribution >= 0.6 is 0 Å². The summed E-state index contributed by atoms with van der Waals surface area (Å²) >= 11 is 0. The van der Waals surface area contributed by atoms with Gasteiger partial charge < -0.3 is 9.47 Å². The second-order valence-electron chi connectivity index (χ2n) is 3.80. The standard InChI is InChI=1S/C14H17N2O2/c1-4-17-12-7-6-8-13(18-5-2)14(12)11-9-10-16(3)15-11/h7-10H,4-5H2,1-3H3. The Morgan fingerprint density at radius 1 is 1.17 bits per heavy atom. The summed E-state index contributed by atoms with van der Waals surface area (Å²) in [7, 11) is 1.89. The Morgan fingerprint density at radius 3 is 2.22 bits per heavy atom. The molecule has 0 N–H and O–H groups in total. The Labute approximate surface area is 107 Å². The van der Waals surface area contributed by atoms with Gasteiger partial charge in [0.25, 0.3) is 0 Å². The Kier molecular flexibility index (Phi) is 3.87. The summed E-state index contributed by atoms with van der Waals surface area (Å²) < 4.78 is 13.0. The molecule has 0 fully saturated rings. The quantitative estimate of drug-likeness (QED) is 0.812. The molecular formula is C14H17N2O2. The van der Waals surface area contributed by atoms with Crippen LogP contribution < -0.4 is 9.47 Å². The van der Waals surface area contributed by atoms with Crippen LogP contribution in [0.25, 0.3) is 11.3 Å². The Morgan fingerprint density at radius 2 is 1.78 bits per heavy atom. The number of aryl methyl sites for hydroxylation is 1. The van der Waals surface area contributed by atoms with Crippen molar-refractivity contribution >= 4 is 0 Å². The number of ether oxygens (including phenoxy) is 2. The molecule has 95 valence electrons. The molecule has 1 radical (unpaired) electrons. The van der Waals surface area contributed by atoms with Gasteiger partial charge in [-0.05, 0) is 38.1 Å². The van der Waals surface area contributed by atoms with Crippen molar-refractivity contribution < 1.29 is 9.47 Å². The first-order chi connectivity index (χ1) is 8.76. The summed E-state index contributed by atoms with van der Waals surface area (Å²) in [5.41, 5.74) is 1.73. The van der Waals surface area contributed by atoms with Gasteiger partial charge in [0.05, 0.1) is 24.5 Å². The minimum atomic E-state index is 0.600. The molecule has 1 heterocycles. The first-order valence-corrected chi connectivity index (χ1v) is 6.06. The van der Waals surface area contributed by atoms with Crippen LogP contribution in [0.3, 0.4) is 0 Å². The fraction of sp³-hybridized carbons (Fsp3) is 0.357. The van der Waals surface area contributed by atoms with Crippen LogP contribution in [0.2, 0.25) is 0 Å². The Balaban J connectivity index is 2.52. The molecule has 2 rings (SSSR count). The molecule has 0 aliphatic rings. The maximum absolute atomic E-state index is 5.63. The average Bonchev–Trinajstić information content (AvgIpc) is 2.77. The molecule has 0 amide bonds. The highest BCUT2D eigenvalue weighted by molar-refractivity contribution is 5.73. The monoisotopic (exact) mass is 245 g/mol. The van der Waals surface area contributed by atoms with Gasteiger partial charge in [0, 0.05) is 13.2 Å². The molecule has 18 heavy (non-hydrogen) atoms. The molecule has 4 heteroatoms. The Hall–Kier alpha value is -1.97. The van der Waals surface area contributed by atoms with Crippen molar-refractivity contribution in [2.45, 2.75) is 13.8 Å². The molecule has 0 aliphatic carbocycles. The third kappa shape index (κ3) is 2.47. The zero-order valence-corrected chi connectivity index (χ0v) is 10.9. The van der Waals surface area contributed by atoms with Crippen molar-refractivity contribution in [3.05, 3.63) is 30.5 Å². The summed E-state index contributed by atoms with van der Waals surface area (Å²) in [4.78, 5) is 0. The van der Waals surface area contributed by atoms with E-state index in [1.807, 2.05) is 45.3 Å². The van der Waals surface area contributed by atoms with Crippen molar-refractivity contribution in [3.63, 3.8) is 0 Å². The molecule has 2 aromatic rings. The fourth-order valence-electron chi connectivity index (χ4n) is 1.80. The minimum absolute atomic E-state index is 0.600. The number of hydrogen-bond donors (Lipinski definition) is 0. The zero-order chi connectivity index (χ0) is 13.0. The summed E-state index contributed by atoms with van der Waals surface area (Å²) in [6, 6.07) is 8.61. The lowest BCUT2D eigenvalue weighted by molar-refractivity contribution is 0.325. The summed E-state index contributed by atoms with van der Waals surface area (Å²) in [6.45, 7) is 5.11. The van der Waals surface area contributed by atoms with Gasteiger partial charge in [-0.25, -0.2) is 0 Å². The lowest BCUT2D eigenvalue weighted by Crippen LogP contribution is -1.99. The van der Waals surface area contributed by atoms with E-state index >= 15 is 0 Å². The van der Waals surface area contributed by atoms with Crippen LogP contribution in [0, 0.1) is 6.07 Å². The normalized spacial score (nSPS) is 10.4. The molecule has 1 aromatic carbocycles. The highest BCUT2D eigenvalue weighted by Gasteiger charge is 2.15. The lowest BCUT2D eigenvalue weighted by atomic mass is 10.1. The van der Waals surface area contributed by atoms with Gasteiger partial charge in [-0.3, -0.25) is 4.68 Å². The largest absolute Gasteiger partial charge is 0.493 e. The van der Waals surface area contributed by atoms with Crippen molar-refractivity contribution in [1.29, 1.82) is 0 Å². The van der Waals surface area contributed by atoms with Crippen molar-refractivity contribution in [2.24, 2.45) is 7.05 Å². The topological polar surface area (TPSA) is 36.3 Å². The van der Waals surface area contributed by atoms with Crippen LogP contribution in [0.15, 0.2) is 24.4 Å². The maximum atomic E-state index is 5.63. The van der Waals surface area contributed by atoms with Gasteiger partial charge in [-0.2, -0.15) is 5.10 Å². The predicted molar refractivity (Wildman–Crippen MR) is 69.8 cm³/mol. The van der Waals surface area contributed by atoms with Gasteiger partial charge in [-0.15, -0.1) is 0 Å².